The molecule has 16 nitrogen and oxygen atoms in total. The fourth-order valence-electron chi connectivity index (χ4n) is 6.47. The molecule has 7 atom stereocenters. The number of esters is 1. The molecule has 0 amide bonds. The number of rotatable bonds is 16. The number of aliphatic hydroxyl groups is 2. The molecule has 4 aliphatic rings. The van der Waals surface area contributed by atoms with Crippen molar-refractivity contribution in [1.82, 2.24) is 0 Å². The molecule has 5 N–H and O–H groups in total. The molecule has 2 aromatic rings. The second-order valence-corrected chi connectivity index (χ2v) is 12.8. The summed E-state index contributed by atoms with van der Waals surface area (Å²) < 4.78 is 47.0. The number of carboxylic acid groups (broad SMARTS) is 1. The normalized spacial score (nSPS) is 26.0. The van der Waals surface area contributed by atoms with Crippen molar-refractivity contribution in [2.24, 2.45) is 11.7 Å². The van der Waals surface area contributed by atoms with E-state index < -0.39 is 55.7 Å². The van der Waals surface area contributed by atoms with Crippen LogP contribution in [-0.4, -0.2) is 104 Å². The van der Waals surface area contributed by atoms with Crippen LogP contribution in [0.5, 0.6) is 28.7 Å². The van der Waals surface area contributed by atoms with E-state index in [0.717, 1.165) is 28.9 Å². The maximum Gasteiger partial charge on any atom is 0.317 e. The summed E-state index contributed by atoms with van der Waals surface area (Å²) in [7, 11) is 0. The third-order valence-electron chi connectivity index (χ3n) is 8.66. The summed E-state index contributed by atoms with van der Waals surface area (Å²) in [6.07, 6.45) is -6.44. The minimum absolute atomic E-state index is 0.0221. The van der Waals surface area contributed by atoms with Gasteiger partial charge in [-0.05, 0) is 43.0 Å². The third-order valence-corrected chi connectivity index (χ3v) is 8.66. The summed E-state index contributed by atoms with van der Waals surface area (Å²) in [6.45, 7) is 4.37. The summed E-state index contributed by atoms with van der Waals surface area (Å²) in [6, 6.07) is 7.10. The summed E-state index contributed by atoms with van der Waals surface area (Å²) in [4.78, 5) is 34.4. The van der Waals surface area contributed by atoms with Crippen LogP contribution in [0.3, 0.4) is 0 Å². The fourth-order valence-corrected chi connectivity index (χ4v) is 6.47. The molecule has 4 aliphatic heterocycles. The highest BCUT2D eigenvalue weighted by atomic mass is 17.2. The predicted octanol–water partition coefficient (Wildman–Crippen LogP) is 1.75. The Hall–Kier alpha value is -3.90. The molecule has 0 saturated carbocycles. The van der Waals surface area contributed by atoms with Crippen LogP contribution in [0.1, 0.15) is 55.4 Å². The van der Waals surface area contributed by atoms with Crippen molar-refractivity contribution in [3.8, 4) is 28.7 Å². The van der Waals surface area contributed by atoms with Gasteiger partial charge >= 0.3 is 11.9 Å². The molecule has 0 aromatic heterocycles. The van der Waals surface area contributed by atoms with Crippen LogP contribution in [0.15, 0.2) is 24.3 Å². The van der Waals surface area contributed by atoms with Crippen molar-refractivity contribution < 1.29 is 72.6 Å². The Morgan fingerprint density at radius 1 is 1.02 bits per heavy atom. The van der Waals surface area contributed by atoms with Gasteiger partial charge in [-0.2, -0.15) is 4.89 Å². The first-order valence-corrected chi connectivity index (χ1v) is 16.7. The van der Waals surface area contributed by atoms with Gasteiger partial charge in [-0.3, -0.25) is 9.59 Å². The highest BCUT2D eigenvalue weighted by molar-refractivity contribution is 5.90. The monoisotopic (exact) mass is 705 g/mol. The number of hydrogen-bond donors (Lipinski definition) is 4. The number of hydrogen-bond acceptors (Lipinski definition) is 15. The highest BCUT2D eigenvalue weighted by Gasteiger charge is 2.49. The van der Waals surface area contributed by atoms with Crippen LogP contribution in [0.25, 0.3) is 0 Å². The maximum absolute atomic E-state index is 11.9. The summed E-state index contributed by atoms with van der Waals surface area (Å²) in [5.41, 5.74) is 8.35. The minimum atomic E-state index is -1.45. The minimum Gasteiger partial charge on any atom is -0.492 e. The van der Waals surface area contributed by atoms with Gasteiger partial charge in [-0.25, -0.2) is 0 Å². The number of benzene rings is 2. The molecule has 2 aromatic carbocycles. The smallest absolute Gasteiger partial charge is 0.317 e. The van der Waals surface area contributed by atoms with E-state index in [9.17, 15) is 19.8 Å². The van der Waals surface area contributed by atoms with Crippen LogP contribution in [-0.2, 0) is 39.8 Å². The Kier molecular flexibility index (Phi) is 11.5. The molecule has 7 unspecified atom stereocenters. The van der Waals surface area contributed by atoms with Crippen molar-refractivity contribution in [2.75, 3.05) is 46.4 Å². The summed E-state index contributed by atoms with van der Waals surface area (Å²) in [5, 5.41) is 29.6. The Balaban J connectivity index is 1.19. The summed E-state index contributed by atoms with van der Waals surface area (Å²) in [5.74, 6) is 0.948. The highest BCUT2D eigenvalue weighted by Crippen LogP contribution is 2.57. The maximum atomic E-state index is 11.9. The average molecular weight is 706 g/mol. The molecule has 1 fully saturated rings. The van der Waals surface area contributed by atoms with Crippen molar-refractivity contribution >= 4 is 11.9 Å². The van der Waals surface area contributed by atoms with Crippen LogP contribution >= 0.6 is 0 Å². The van der Waals surface area contributed by atoms with Gasteiger partial charge in [0, 0.05) is 36.4 Å². The zero-order chi connectivity index (χ0) is 35.4. The van der Waals surface area contributed by atoms with Crippen molar-refractivity contribution in [3.63, 3.8) is 0 Å². The molecule has 6 rings (SSSR count). The molecular formula is C34H43NO15. The van der Waals surface area contributed by atoms with E-state index in [1.54, 1.807) is 18.2 Å². The third kappa shape index (κ3) is 7.71. The SMILES string of the molecule is CC(C)Cc1c2c(cc3c1OC1c4cc(OOC5C(OCCN)OC(COC(=O)CC(=O)O)C(OCCCO)C5O)ccc4OCC31)OCO2. The largest absolute Gasteiger partial charge is 0.492 e. The first-order chi connectivity index (χ1) is 24.2. The van der Waals surface area contributed by atoms with Gasteiger partial charge in [-0.1, -0.05) is 13.8 Å². The Bertz CT molecular complexity index is 1520. The van der Waals surface area contributed by atoms with Crippen LogP contribution < -0.4 is 29.6 Å². The van der Waals surface area contributed by atoms with E-state index >= 15 is 0 Å². The molecule has 16 heteroatoms. The lowest BCUT2D eigenvalue weighted by atomic mass is 9.87. The van der Waals surface area contributed by atoms with Crippen molar-refractivity contribution in [1.29, 1.82) is 0 Å². The fraction of sp³-hybridized carbons (Fsp3) is 0.588. The molecular weight excluding hydrogens is 662 g/mol. The van der Waals surface area contributed by atoms with E-state index in [-0.39, 0.29) is 57.4 Å². The zero-order valence-electron chi connectivity index (χ0n) is 27.8. The number of carboxylic acids is 1. The zero-order valence-corrected chi connectivity index (χ0v) is 27.8. The van der Waals surface area contributed by atoms with Crippen LogP contribution in [0.2, 0.25) is 0 Å². The van der Waals surface area contributed by atoms with E-state index in [2.05, 4.69) is 13.8 Å². The standard InChI is InChI=1S/C34H43NO15/c1-17(2)10-21-29-19(12-24-31(21)46-16-45-24)22-14-43-23-5-4-18(11-20(23)30(22)48-29)49-50-33-28(40)32(41-8-3-7-36)25(47-34(33)42-9-6-35)15-44-27(39)13-26(37)38/h4-5,11-12,17,22,25,28,30,32-34,36,40H,3,6-10,13-16,35H2,1-2H3,(H,37,38). The lowest BCUT2D eigenvalue weighted by molar-refractivity contribution is -0.375. The van der Waals surface area contributed by atoms with E-state index in [0.29, 0.717) is 29.8 Å². The average Bonchev–Trinajstić information content (AvgIpc) is 3.71. The summed E-state index contributed by atoms with van der Waals surface area (Å²) >= 11 is 0. The second-order valence-electron chi connectivity index (χ2n) is 12.8. The van der Waals surface area contributed by atoms with Gasteiger partial charge < -0.3 is 63.8 Å². The quantitative estimate of drug-likeness (QED) is 0.0644. The number of carbonyl (C=O) groups excluding carboxylic acids is 1. The number of nitrogens with two attached hydrogens (primary N) is 1. The van der Waals surface area contributed by atoms with Gasteiger partial charge in [0.1, 0.15) is 48.9 Å². The lowest BCUT2D eigenvalue weighted by Crippen LogP contribution is -2.61. The Morgan fingerprint density at radius 2 is 1.86 bits per heavy atom. The Morgan fingerprint density at radius 3 is 2.62 bits per heavy atom. The molecule has 0 spiro atoms. The van der Waals surface area contributed by atoms with Gasteiger partial charge in [0.15, 0.2) is 29.6 Å². The van der Waals surface area contributed by atoms with Gasteiger partial charge in [-0.15, -0.1) is 0 Å². The first kappa shape index (κ1) is 35.9. The van der Waals surface area contributed by atoms with Gasteiger partial charge in [0.05, 0.1) is 19.1 Å². The lowest BCUT2D eigenvalue weighted by Gasteiger charge is -2.42. The van der Waals surface area contributed by atoms with E-state index in [1.165, 1.54) is 0 Å². The molecule has 0 bridgehead atoms. The number of aliphatic hydroxyl groups excluding tert-OH is 2. The van der Waals surface area contributed by atoms with E-state index in [1.807, 2.05) is 6.07 Å². The van der Waals surface area contributed by atoms with Crippen LogP contribution in [0.4, 0.5) is 0 Å². The Labute approximate surface area is 288 Å². The number of carbonyl (C=O) groups is 2. The van der Waals surface area contributed by atoms with Crippen molar-refractivity contribution in [3.05, 3.63) is 41.0 Å². The molecule has 0 radical (unpaired) electrons. The molecule has 50 heavy (non-hydrogen) atoms. The second kappa shape index (κ2) is 16.0. The number of aliphatic carboxylic acids is 1. The van der Waals surface area contributed by atoms with E-state index in [4.69, 9.17) is 58.5 Å². The predicted molar refractivity (Wildman–Crippen MR) is 169 cm³/mol. The van der Waals surface area contributed by atoms with Gasteiger partial charge in [0.25, 0.3) is 0 Å². The number of ether oxygens (including phenoxy) is 8. The molecule has 1 saturated heterocycles. The topological polar surface area (TPSA) is 213 Å². The van der Waals surface area contributed by atoms with Crippen molar-refractivity contribution in [2.45, 2.75) is 75.8 Å². The first-order valence-electron chi connectivity index (χ1n) is 16.7. The molecule has 4 heterocycles. The molecule has 0 aliphatic carbocycles. The van der Waals surface area contributed by atoms with Gasteiger partial charge in [0.2, 0.25) is 6.79 Å². The van der Waals surface area contributed by atoms with Crippen LogP contribution in [0, 0.1) is 5.92 Å². The number of fused-ring (bicyclic) bond motifs is 6. The molecule has 274 valence electrons.